The minimum atomic E-state index is -0.853. The fourth-order valence-electron chi connectivity index (χ4n) is 3.69. The smallest absolute Gasteiger partial charge is 0.246 e. The number of rotatable bonds is 2. The molecule has 1 N–H and O–H groups in total. The molecule has 3 rings (SSSR count). The first-order valence-electron chi connectivity index (χ1n) is 6.97. The van der Waals surface area contributed by atoms with Crippen LogP contribution in [0.15, 0.2) is 36.9 Å². The van der Waals surface area contributed by atoms with E-state index in [4.69, 9.17) is 11.6 Å². The average molecular weight is 292 g/mol. The van der Waals surface area contributed by atoms with Crippen molar-refractivity contribution in [2.75, 3.05) is 0 Å². The molecule has 0 radical (unpaired) electrons. The second kappa shape index (κ2) is 4.90. The molecule has 106 valence electrons. The summed E-state index contributed by atoms with van der Waals surface area (Å²) in [6.07, 6.45) is 4.47. The number of benzene rings is 1. The van der Waals surface area contributed by atoms with Gasteiger partial charge in [-0.3, -0.25) is 4.79 Å². The number of aliphatic hydroxyl groups is 1. The molecule has 3 nitrogen and oxygen atoms in total. The number of carbonyl (C=O) groups is 1. The predicted octanol–water partition coefficient (Wildman–Crippen LogP) is 2.87. The van der Waals surface area contributed by atoms with Gasteiger partial charge in [0.05, 0.1) is 5.60 Å². The summed E-state index contributed by atoms with van der Waals surface area (Å²) >= 11 is 5.90. The molecule has 1 aromatic rings. The molecule has 20 heavy (non-hydrogen) atoms. The van der Waals surface area contributed by atoms with E-state index in [9.17, 15) is 9.90 Å². The van der Waals surface area contributed by atoms with Crippen LogP contribution in [0.4, 0.5) is 0 Å². The van der Waals surface area contributed by atoms with Crippen LogP contribution in [0.25, 0.3) is 0 Å². The number of hydrogen-bond donors (Lipinski definition) is 1. The molecule has 2 aliphatic heterocycles. The summed E-state index contributed by atoms with van der Waals surface area (Å²) in [6.45, 7) is 3.57. The molecule has 3 atom stereocenters. The van der Waals surface area contributed by atoms with Crippen molar-refractivity contribution < 1.29 is 9.90 Å². The minimum Gasteiger partial charge on any atom is -0.385 e. The maximum Gasteiger partial charge on any atom is 0.246 e. The molecule has 1 aromatic carbocycles. The van der Waals surface area contributed by atoms with Crippen molar-refractivity contribution in [2.24, 2.45) is 0 Å². The van der Waals surface area contributed by atoms with Gasteiger partial charge in [-0.25, -0.2) is 0 Å². The van der Waals surface area contributed by atoms with E-state index in [1.54, 1.807) is 12.1 Å². The van der Waals surface area contributed by atoms with E-state index in [0.717, 1.165) is 18.4 Å². The van der Waals surface area contributed by atoms with Gasteiger partial charge in [0.25, 0.3) is 0 Å². The van der Waals surface area contributed by atoms with Gasteiger partial charge in [-0.05, 0) is 36.6 Å². The quantitative estimate of drug-likeness (QED) is 0.851. The van der Waals surface area contributed by atoms with Crippen LogP contribution < -0.4 is 0 Å². The SMILES string of the molecule is C=CC(=O)N1[C@@H]2CC[C@H]1CC(O)(c1ccc(Cl)cc1)C2. The highest BCUT2D eigenvalue weighted by atomic mass is 35.5. The van der Waals surface area contributed by atoms with Crippen LogP contribution in [-0.4, -0.2) is 28.0 Å². The average Bonchev–Trinajstić information content (AvgIpc) is 2.71. The Bertz CT molecular complexity index is 526. The molecule has 2 saturated heterocycles. The molecule has 0 saturated carbocycles. The van der Waals surface area contributed by atoms with Crippen LogP contribution in [0.2, 0.25) is 5.02 Å². The van der Waals surface area contributed by atoms with E-state index in [1.165, 1.54) is 6.08 Å². The highest BCUT2D eigenvalue weighted by Crippen LogP contribution is 2.45. The fourth-order valence-corrected chi connectivity index (χ4v) is 3.81. The Balaban J connectivity index is 1.87. The zero-order chi connectivity index (χ0) is 14.3. The Kier molecular flexibility index (Phi) is 3.35. The van der Waals surface area contributed by atoms with Crippen LogP contribution in [0.3, 0.4) is 0 Å². The Hall–Kier alpha value is -1.32. The third kappa shape index (κ3) is 2.15. The largest absolute Gasteiger partial charge is 0.385 e. The van der Waals surface area contributed by atoms with Gasteiger partial charge in [0, 0.05) is 29.9 Å². The van der Waals surface area contributed by atoms with Gasteiger partial charge in [-0.1, -0.05) is 30.3 Å². The van der Waals surface area contributed by atoms with Crippen molar-refractivity contribution in [2.45, 2.75) is 43.4 Å². The molecule has 0 aliphatic carbocycles. The Morgan fingerprint density at radius 3 is 2.35 bits per heavy atom. The van der Waals surface area contributed by atoms with Crippen LogP contribution in [0.5, 0.6) is 0 Å². The normalized spacial score (nSPS) is 32.2. The molecular weight excluding hydrogens is 274 g/mol. The third-order valence-corrected chi connectivity index (χ3v) is 4.83. The lowest BCUT2D eigenvalue weighted by atomic mass is 9.80. The van der Waals surface area contributed by atoms with Gasteiger partial charge in [0.1, 0.15) is 0 Å². The first kappa shape index (κ1) is 13.7. The molecular formula is C16H18ClNO2. The third-order valence-electron chi connectivity index (χ3n) is 4.58. The Labute approximate surface area is 123 Å². The number of carbonyl (C=O) groups excluding carboxylic acids is 1. The summed E-state index contributed by atoms with van der Waals surface area (Å²) in [5.41, 5.74) is 0.0403. The summed E-state index contributed by atoms with van der Waals surface area (Å²) in [4.78, 5) is 13.8. The number of fused-ring (bicyclic) bond motifs is 2. The van der Waals surface area contributed by atoms with E-state index in [2.05, 4.69) is 6.58 Å². The van der Waals surface area contributed by atoms with Crippen molar-refractivity contribution in [1.82, 2.24) is 4.90 Å². The van der Waals surface area contributed by atoms with Gasteiger partial charge in [0.15, 0.2) is 0 Å². The monoisotopic (exact) mass is 291 g/mol. The van der Waals surface area contributed by atoms with E-state index in [-0.39, 0.29) is 18.0 Å². The zero-order valence-electron chi connectivity index (χ0n) is 11.3. The molecule has 0 spiro atoms. The molecule has 4 heteroatoms. The lowest BCUT2D eigenvalue weighted by Gasteiger charge is -2.43. The summed E-state index contributed by atoms with van der Waals surface area (Å²) in [5, 5.41) is 11.6. The maximum atomic E-state index is 11.9. The van der Waals surface area contributed by atoms with Gasteiger partial charge in [-0.15, -0.1) is 0 Å². The van der Waals surface area contributed by atoms with Crippen molar-refractivity contribution in [3.63, 3.8) is 0 Å². The molecule has 2 bridgehead atoms. The van der Waals surface area contributed by atoms with Crippen LogP contribution >= 0.6 is 11.6 Å². The predicted molar refractivity (Wildman–Crippen MR) is 78.4 cm³/mol. The Morgan fingerprint density at radius 2 is 1.85 bits per heavy atom. The number of piperidine rings is 1. The van der Waals surface area contributed by atoms with Crippen LogP contribution in [-0.2, 0) is 10.4 Å². The molecule has 2 heterocycles. The molecule has 1 amide bonds. The molecule has 2 fully saturated rings. The van der Waals surface area contributed by atoms with E-state index in [1.807, 2.05) is 17.0 Å². The second-order valence-corrected chi connectivity index (χ2v) is 6.22. The Morgan fingerprint density at radius 1 is 1.30 bits per heavy atom. The summed E-state index contributed by atoms with van der Waals surface area (Å²) in [6, 6.07) is 7.59. The van der Waals surface area contributed by atoms with E-state index in [0.29, 0.717) is 17.9 Å². The van der Waals surface area contributed by atoms with Crippen molar-refractivity contribution >= 4 is 17.5 Å². The first-order valence-corrected chi connectivity index (χ1v) is 7.34. The minimum absolute atomic E-state index is 0.0179. The summed E-state index contributed by atoms with van der Waals surface area (Å²) in [7, 11) is 0. The van der Waals surface area contributed by atoms with Gasteiger partial charge in [0.2, 0.25) is 5.91 Å². The summed E-state index contributed by atoms with van der Waals surface area (Å²) in [5.74, 6) is -0.0179. The highest BCUT2D eigenvalue weighted by Gasteiger charge is 2.49. The lowest BCUT2D eigenvalue weighted by Crippen LogP contribution is -2.51. The van der Waals surface area contributed by atoms with Crippen LogP contribution in [0, 0.1) is 0 Å². The number of amides is 1. The molecule has 0 aromatic heterocycles. The zero-order valence-corrected chi connectivity index (χ0v) is 12.0. The standard InChI is InChI=1S/C16H18ClNO2/c1-2-15(19)18-13-7-8-14(18)10-16(20,9-13)11-3-5-12(17)6-4-11/h2-6,13-14,20H,1,7-10H2/t13-,14+,16?. The molecule has 2 aliphatic rings. The summed E-state index contributed by atoms with van der Waals surface area (Å²) < 4.78 is 0. The van der Waals surface area contributed by atoms with E-state index >= 15 is 0 Å². The van der Waals surface area contributed by atoms with Gasteiger partial charge < -0.3 is 10.0 Å². The topological polar surface area (TPSA) is 40.5 Å². The van der Waals surface area contributed by atoms with Crippen molar-refractivity contribution in [3.05, 3.63) is 47.5 Å². The first-order chi connectivity index (χ1) is 9.53. The maximum absolute atomic E-state index is 11.9. The number of hydrogen-bond acceptors (Lipinski definition) is 2. The van der Waals surface area contributed by atoms with Crippen molar-refractivity contribution in [3.8, 4) is 0 Å². The second-order valence-electron chi connectivity index (χ2n) is 5.78. The fraction of sp³-hybridized carbons (Fsp3) is 0.438. The van der Waals surface area contributed by atoms with E-state index < -0.39 is 5.60 Å². The van der Waals surface area contributed by atoms with Gasteiger partial charge >= 0.3 is 0 Å². The number of nitrogens with zero attached hydrogens (tertiary/aromatic N) is 1. The number of halogens is 1. The van der Waals surface area contributed by atoms with Crippen LogP contribution in [0.1, 0.15) is 31.2 Å². The molecule has 1 unspecified atom stereocenters. The highest BCUT2D eigenvalue weighted by molar-refractivity contribution is 6.30. The van der Waals surface area contributed by atoms with Gasteiger partial charge in [-0.2, -0.15) is 0 Å². The lowest BCUT2D eigenvalue weighted by molar-refractivity contribution is -0.136. The van der Waals surface area contributed by atoms with Crippen molar-refractivity contribution in [1.29, 1.82) is 0 Å².